The van der Waals surface area contributed by atoms with E-state index in [4.69, 9.17) is 16.3 Å². The molecule has 6 heteroatoms. The van der Waals surface area contributed by atoms with Crippen LogP contribution in [0.2, 0.25) is 19.6 Å². The van der Waals surface area contributed by atoms with Crippen LogP contribution in [0.3, 0.4) is 0 Å². The van der Waals surface area contributed by atoms with Crippen molar-refractivity contribution in [3.63, 3.8) is 0 Å². The molecule has 0 atom stereocenters. The van der Waals surface area contributed by atoms with Crippen LogP contribution in [0.4, 0.5) is 4.39 Å². The Labute approximate surface area is 355 Å². The standard InChI is InChI=1S/C27H26NSi.C24H15FNO.Ir/c1-29(2,3)27-20-28-26(19-25(27)17-21-11-6-4-7-12-21)24-16-10-15-23(18-24)22-13-8-5-9-14-22;1-15-14-26-21(13-19(15)16-7-3-2-4-8-16)17-11-12-20(25)23-18-9-5-6-10-22(18)27-24(17)23;/h4-15,18-20H,17H2,1-3H3;2-10,12-14H,1H3;/q2*-1;/i17D2;1D3;. The molecule has 0 saturated carbocycles. The topological polar surface area (TPSA) is 38.9 Å². The number of aromatic nitrogens is 2. The fourth-order valence-corrected chi connectivity index (χ4v) is 8.17. The van der Waals surface area contributed by atoms with E-state index >= 15 is 0 Å². The molecule has 0 amide bonds. The number of fused-ring (bicyclic) bond motifs is 3. The molecule has 3 heterocycles. The Kier molecular flexibility index (Phi) is 10.0. The largest absolute Gasteiger partial charge is 0.500 e. The van der Waals surface area contributed by atoms with E-state index in [1.54, 1.807) is 18.2 Å². The molecule has 0 saturated heterocycles. The molecule has 3 aromatic heterocycles. The molecule has 0 aliphatic rings. The van der Waals surface area contributed by atoms with Crippen molar-refractivity contribution >= 4 is 35.2 Å². The molecule has 0 fully saturated rings. The number of nitrogens with zero attached hydrogens (tertiary/aromatic N) is 2. The Hall–Kier alpha value is -5.78. The molecule has 0 unspecified atom stereocenters. The Bertz CT molecular complexity index is 2990. The van der Waals surface area contributed by atoms with Gasteiger partial charge in [-0.1, -0.05) is 152 Å². The van der Waals surface area contributed by atoms with Crippen molar-refractivity contribution in [1.82, 2.24) is 9.97 Å². The van der Waals surface area contributed by atoms with Gasteiger partial charge in [-0.15, -0.1) is 47.5 Å². The predicted molar refractivity (Wildman–Crippen MR) is 232 cm³/mol. The number of hydrogen-bond donors (Lipinski definition) is 0. The van der Waals surface area contributed by atoms with Crippen LogP contribution in [0.15, 0.2) is 168 Å². The van der Waals surface area contributed by atoms with Crippen LogP contribution in [0, 0.1) is 24.8 Å². The number of halogens is 1. The first-order valence-electron chi connectivity index (χ1n) is 20.9. The second-order valence-electron chi connectivity index (χ2n) is 14.5. The van der Waals surface area contributed by atoms with E-state index < -0.39 is 27.1 Å². The Morgan fingerprint density at radius 3 is 2.11 bits per heavy atom. The molecule has 0 spiro atoms. The molecule has 9 rings (SSSR count). The molecule has 9 aromatic rings. The van der Waals surface area contributed by atoms with Gasteiger partial charge in [-0.3, -0.25) is 4.39 Å². The van der Waals surface area contributed by atoms with Crippen molar-refractivity contribution < 1.29 is 35.8 Å². The van der Waals surface area contributed by atoms with Crippen LogP contribution in [-0.4, -0.2) is 18.0 Å². The molecule has 6 aromatic carbocycles. The van der Waals surface area contributed by atoms with Crippen molar-refractivity contribution in [2.45, 2.75) is 32.9 Å². The number of aryl methyl sites for hydroxylation is 1. The van der Waals surface area contributed by atoms with Crippen LogP contribution in [0.5, 0.6) is 0 Å². The molecular formula is C51H41FIrN2OSi-2. The van der Waals surface area contributed by atoms with Crippen molar-refractivity contribution in [3.05, 3.63) is 199 Å². The molecule has 0 aliphatic carbocycles. The molecular weight excluding hydrogens is 896 g/mol. The van der Waals surface area contributed by atoms with E-state index in [2.05, 4.69) is 55.0 Å². The minimum Gasteiger partial charge on any atom is -0.500 e. The van der Waals surface area contributed by atoms with E-state index in [9.17, 15) is 4.39 Å². The summed E-state index contributed by atoms with van der Waals surface area (Å²) in [6, 6.07) is 53.3. The van der Waals surface area contributed by atoms with Crippen LogP contribution in [0.1, 0.15) is 23.5 Å². The fourth-order valence-electron chi connectivity index (χ4n) is 6.78. The maximum absolute atomic E-state index is 14.6. The van der Waals surface area contributed by atoms with Crippen LogP contribution < -0.4 is 5.19 Å². The van der Waals surface area contributed by atoms with Gasteiger partial charge in [0.15, 0.2) is 0 Å². The summed E-state index contributed by atoms with van der Waals surface area (Å²) in [6.07, 6.45) is 1.64. The quantitative estimate of drug-likeness (QED) is 0.118. The second-order valence-corrected chi connectivity index (χ2v) is 19.5. The molecule has 57 heavy (non-hydrogen) atoms. The van der Waals surface area contributed by atoms with Crippen molar-refractivity contribution in [1.29, 1.82) is 0 Å². The van der Waals surface area contributed by atoms with Gasteiger partial charge in [-0.2, -0.15) is 0 Å². The molecule has 0 N–H and O–H groups in total. The minimum atomic E-state index is -2.32. The average molecular weight is 942 g/mol. The smallest absolute Gasteiger partial charge is 0.121 e. The predicted octanol–water partition coefficient (Wildman–Crippen LogP) is 12.9. The first kappa shape index (κ1) is 33.4. The summed E-state index contributed by atoms with van der Waals surface area (Å²) in [4.78, 5) is 9.13. The number of rotatable bonds is 7. The maximum Gasteiger partial charge on any atom is 0.121 e. The van der Waals surface area contributed by atoms with Gasteiger partial charge >= 0.3 is 0 Å². The summed E-state index contributed by atoms with van der Waals surface area (Å²) in [5, 5.41) is 2.08. The van der Waals surface area contributed by atoms with Gasteiger partial charge in [0.1, 0.15) is 5.58 Å². The summed E-state index contributed by atoms with van der Waals surface area (Å²) in [5.74, 6) is -0.430. The van der Waals surface area contributed by atoms with E-state index in [-0.39, 0.29) is 25.7 Å². The van der Waals surface area contributed by atoms with E-state index in [0.717, 1.165) is 33.1 Å². The zero-order valence-corrected chi connectivity index (χ0v) is 35.0. The van der Waals surface area contributed by atoms with Crippen LogP contribution >= 0.6 is 0 Å². The first-order valence-corrected chi connectivity index (χ1v) is 21.9. The van der Waals surface area contributed by atoms with Gasteiger partial charge in [0, 0.05) is 50.6 Å². The fraction of sp³-hybridized carbons (Fsp3) is 0.0980. The maximum atomic E-state index is 14.6. The van der Waals surface area contributed by atoms with Crippen LogP contribution in [0.25, 0.3) is 66.7 Å². The van der Waals surface area contributed by atoms with Gasteiger partial charge in [-0.05, 0) is 69.1 Å². The third-order valence-electron chi connectivity index (χ3n) is 9.60. The zero-order chi connectivity index (χ0) is 42.9. The Morgan fingerprint density at radius 1 is 0.719 bits per heavy atom. The van der Waals surface area contributed by atoms with Gasteiger partial charge in [-0.25, -0.2) is 0 Å². The van der Waals surface area contributed by atoms with Gasteiger partial charge in [0.05, 0.1) is 13.7 Å². The summed E-state index contributed by atoms with van der Waals surface area (Å²) < 4.78 is 62.3. The summed E-state index contributed by atoms with van der Waals surface area (Å²) in [5.41, 5.74) is 8.52. The molecule has 0 aliphatic heterocycles. The molecule has 283 valence electrons. The Morgan fingerprint density at radius 2 is 1.39 bits per heavy atom. The van der Waals surface area contributed by atoms with Gasteiger partial charge < -0.3 is 14.4 Å². The van der Waals surface area contributed by atoms with E-state index in [1.807, 2.05) is 115 Å². The third kappa shape index (κ3) is 8.64. The second kappa shape index (κ2) is 17.2. The van der Waals surface area contributed by atoms with Crippen LogP contribution in [-0.2, 0) is 26.5 Å². The van der Waals surface area contributed by atoms with Gasteiger partial charge in [0.25, 0.3) is 0 Å². The van der Waals surface area contributed by atoms with Crippen molar-refractivity contribution in [3.8, 4) is 44.8 Å². The number of benzene rings is 6. The normalized spacial score (nSPS) is 12.9. The van der Waals surface area contributed by atoms with E-state index in [0.29, 0.717) is 49.9 Å². The number of pyridine rings is 2. The van der Waals surface area contributed by atoms with Crippen molar-refractivity contribution in [2.24, 2.45) is 0 Å². The SMILES string of the molecule is [2H]C([2H])([2H])c1cnc(-c2[c-]cc(F)c3c2oc2ccccc23)cc1-c1ccccc1.[2H]C([2H])(c1ccccc1)c1cc(-c2[c-]ccc(-c3ccccc3)c2)ncc1[Si](C)(C)C.[Ir]. The Balaban J connectivity index is 0.000000184. The summed E-state index contributed by atoms with van der Waals surface area (Å²) in [7, 11) is -1.82. The molecule has 1 radical (unpaired) electrons. The molecule has 3 nitrogen and oxygen atoms in total. The average Bonchev–Trinajstić information content (AvgIpc) is 3.67. The molecule has 0 bridgehead atoms. The third-order valence-corrected chi connectivity index (χ3v) is 11.6. The van der Waals surface area contributed by atoms with E-state index in [1.165, 1.54) is 12.3 Å². The van der Waals surface area contributed by atoms with Gasteiger partial charge in [0.2, 0.25) is 0 Å². The van der Waals surface area contributed by atoms with Crippen molar-refractivity contribution in [2.75, 3.05) is 0 Å². The monoisotopic (exact) mass is 942 g/mol. The number of furan rings is 1. The summed E-state index contributed by atoms with van der Waals surface area (Å²) in [6.45, 7) is 4.38. The number of hydrogen-bond acceptors (Lipinski definition) is 3. The zero-order valence-electron chi connectivity index (χ0n) is 36.6. The summed E-state index contributed by atoms with van der Waals surface area (Å²) >= 11 is 0. The minimum absolute atomic E-state index is 0. The first-order chi connectivity index (χ1) is 29.2. The number of para-hydroxylation sites is 1.